The maximum absolute atomic E-state index is 13.2. The zero-order valence-electron chi connectivity index (χ0n) is 20.9. The Bertz CT molecular complexity index is 1330. The number of sulfonamides is 1. The smallest absolute Gasteiger partial charge is 0.281 e. The Balaban J connectivity index is 1.57. The van der Waals surface area contributed by atoms with Crippen LogP contribution in [0.3, 0.4) is 0 Å². The van der Waals surface area contributed by atoms with Crippen molar-refractivity contribution in [3.05, 3.63) is 77.5 Å². The first kappa shape index (κ1) is 25.6. The molecular formula is C27H33N5O3S. The summed E-state index contributed by atoms with van der Waals surface area (Å²) in [6.45, 7) is 7.65. The largest absolute Gasteiger partial charge is 0.384 e. The number of carbonyl (C=O) groups is 1. The van der Waals surface area contributed by atoms with Crippen LogP contribution in [0.15, 0.2) is 65.7 Å². The van der Waals surface area contributed by atoms with Crippen molar-refractivity contribution >= 4 is 27.6 Å². The minimum atomic E-state index is -4.20. The van der Waals surface area contributed by atoms with Crippen LogP contribution in [-0.4, -0.2) is 37.4 Å². The van der Waals surface area contributed by atoms with Gasteiger partial charge in [0.25, 0.3) is 15.9 Å². The Labute approximate surface area is 213 Å². The number of benzene rings is 1. The van der Waals surface area contributed by atoms with Gasteiger partial charge >= 0.3 is 0 Å². The number of carbonyl (C=O) groups excluding carboxylic acids is 1. The fraction of sp³-hybridized carbons (Fsp3) is 0.370. The van der Waals surface area contributed by atoms with Crippen LogP contribution >= 0.6 is 0 Å². The highest BCUT2D eigenvalue weighted by atomic mass is 32.2. The zero-order chi connectivity index (χ0) is 25.9. The number of hydrogen-bond acceptors (Lipinski definition) is 7. The Kier molecular flexibility index (Phi) is 7.31. The fourth-order valence-electron chi connectivity index (χ4n) is 4.39. The molecule has 8 nitrogen and oxygen atoms in total. The van der Waals surface area contributed by atoms with Crippen LogP contribution in [0, 0.1) is 5.92 Å². The van der Waals surface area contributed by atoms with Crippen molar-refractivity contribution < 1.29 is 13.2 Å². The summed E-state index contributed by atoms with van der Waals surface area (Å²) >= 11 is 0. The van der Waals surface area contributed by atoms with Crippen LogP contribution in [0.4, 0.5) is 11.6 Å². The molecule has 3 aromatic rings. The predicted octanol–water partition coefficient (Wildman–Crippen LogP) is 3.93. The number of nitrogen functional groups attached to an aromatic ring is 1. The van der Waals surface area contributed by atoms with Gasteiger partial charge in [-0.1, -0.05) is 57.2 Å². The molecule has 1 aromatic carbocycles. The van der Waals surface area contributed by atoms with E-state index in [0.717, 1.165) is 38.0 Å². The molecule has 1 aliphatic rings. The van der Waals surface area contributed by atoms with Crippen molar-refractivity contribution in [2.24, 2.45) is 5.92 Å². The Hall–Kier alpha value is -3.46. The first-order valence-corrected chi connectivity index (χ1v) is 13.6. The van der Waals surface area contributed by atoms with Crippen LogP contribution < -0.4 is 15.4 Å². The first-order valence-electron chi connectivity index (χ1n) is 12.1. The van der Waals surface area contributed by atoms with Crippen molar-refractivity contribution in [1.82, 2.24) is 14.7 Å². The third-order valence-corrected chi connectivity index (χ3v) is 7.65. The van der Waals surface area contributed by atoms with Crippen LogP contribution in [0.1, 0.15) is 55.2 Å². The molecule has 0 unspecified atom stereocenters. The highest BCUT2D eigenvalue weighted by molar-refractivity contribution is 7.90. The number of pyridine rings is 2. The normalized spacial score (nSPS) is 15.0. The number of piperidine rings is 1. The second-order valence-electron chi connectivity index (χ2n) is 10.3. The number of nitrogens with zero attached hydrogens (tertiary/aromatic N) is 3. The van der Waals surface area contributed by atoms with Crippen LogP contribution in [-0.2, 0) is 21.9 Å². The predicted molar refractivity (Wildman–Crippen MR) is 141 cm³/mol. The average molecular weight is 508 g/mol. The van der Waals surface area contributed by atoms with E-state index in [-0.39, 0.29) is 21.8 Å². The number of rotatable bonds is 6. The summed E-state index contributed by atoms with van der Waals surface area (Å²) in [6.07, 6.45) is 2.94. The van der Waals surface area contributed by atoms with Crippen molar-refractivity contribution in [2.45, 2.75) is 50.5 Å². The molecule has 1 saturated heterocycles. The van der Waals surface area contributed by atoms with E-state index in [0.29, 0.717) is 11.7 Å². The van der Waals surface area contributed by atoms with Gasteiger partial charge < -0.3 is 10.6 Å². The molecule has 190 valence electrons. The fourth-order valence-corrected chi connectivity index (χ4v) is 5.33. The summed E-state index contributed by atoms with van der Waals surface area (Å²) < 4.78 is 27.8. The molecule has 0 aliphatic carbocycles. The van der Waals surface area contributed by atoms with Gasteiger partial charge in [0.2, 0.25) is 0 Å². The molecule has 0 saturated carbocycles. The van der Waals surface area contributed by atoms with Gasteiger partial charge in [-0.3, -0.25) is 4.79 Å². The van der Waals surface area contributed by atoms with Gasteiger partial charge in [-0.05, 0) is 55.0 Å². The van der Waals surface area contributed by atoms with E-state index >= 15 is 0 Å². The topological polar surface area (TPSA) is 118 Å². The molecule has 0 bridgehead atoms. The van der Waals surface area contributed by atoms with Gasteiger partial charge in [0.05, 0.1) is 5.56 Å². The lowest BCUT2D eigenvalue weighted by Gasteiger charge is -2.34. The molecular weight excluding hydrogens is 474 g/mol. The Morgan fingerprint density at radius 3 is 2.33 bits per heavy atom. The molecule has 1 amide bonds. The third kappa shape index (κ3) is 6.02. The number of aromatic nitrogens is 2. The highest BCUT2D eigenvalue weighted by Gasteiger charge is 2.29. The minimum absolute atomic E-state index is 0.0561. The van der Waals surface area contributed by atoms with E-state index in [1.54, 1.807) is 12.1 Å². The quantitative estimate of drug-likeness (QED) is 0.519. The van der Waals surface area contributed by atoms with E-state index in [1.807, 2.05) is 6.07 Å². The van der Waals surface area contributed by atoms with E-state index in [4.69, 9.17) is 10.7 Å². The molecule has 0 spiro atoms. The number of amides is 1. The van der Waals surface area contributed by atoms with Gasteiger partial charge in [-0.25, -0.2) is 14.7 Å². The van der Waals surface area contributed by atoms with Crippen molar-refractivity contribution in [2.75, 3.05) is 23.7 Å². The van der Waals surface area contributed by atoms with Gasteiger partial charge in [-0.2, -0.15) is 8.42 Å². The molecule has 9 heteroatoms. The third-order valence-electron chi connectivity index (χ3n) is 6.42. The van der Waals surface area contributed by atoms with Crippen LogP contribution in [0.25, 0.3) is 0 Å². The van der Waals surface area contributed by atoms with E-state index in [2.05, 4.69) is 59.6 Å². The highest BCUT2D eigenvalue weighted by Crippen LogP contribution is 2.30. The van der Waals surface area contributed by atoms with Crippen LogP contribution in [0.2, 0.25) is 0 Å². The lowest BCUT2D eigenvalue weighted by atomic mass is 9.89. The van der Waals surface area contributed by atoms with Crippen LogP contribution in [0.5, 0.6) is 0 Å². The second kappa shape index (κ2) is 10.3. The summed E-state index contributed by atoms with van der Waals surface area (Å²) in [5.41, 5.74) is 7.78. The van der Waals surface area contributed by atoms with Crippen molar-refractivity contribution in [3.63, 3.8) is 0 Å². The Morgan fingerprint density at radius 1 is 1.00 bits per heavy atom. The van der Waals surface area contributed by atoms with E-state index in [1.165, 1.54) is 23.8 Å². The van der Waals surface area contributed by atoms with Gasteiger partial charge in [-0.15, -0.1) is 0 Å². The van der Waals surface area contributed by atoms with Crippen molar-refractivity contribution in [1.29, 1.82) is 0 Å². The molecule has 3 heterocycles. The standard InChI is InChI=1S/C27H33N5O3S/c1-27(2,3)22-13-12-21(26(33)31-36(34,35)24-11-7-10-23(28)30-24)25(29-22)32-16-14-20(15-17-32)18-19-8-5-4-6-9-19/h4-13,20H,14-18H2,1-3H3,(H2,28,30)(H,31,33). The number of nitrogens with two attached hydrogens (primary N) is 1. The lowest BCUT2D eigenvalue weighted by Crippen LogP contribution is -2.38. The maximum Gasteiger partial charge on any atom is 0.281 e. The number of nitrogens with one attached hydrogen (secondary N) is 1. The van der Waals surface area contributed by atoms with Gasteiger partial charge in [0, 0.05) is 24.2 Å². The van der Waals surface area contributed by atoms with Gasteiger partial charge in [0.15, 0.2) is 5.03 Å². The zero-order valence-corrected chi connectivity index (χ0v) is 21.8. The minimum Gasteiger partial charge on any atom is -0.384 e. The first-order chi connectivity index (χ1) is 17.0. The lowest BCUT2D eigenvalue weighted by molar-refractivity contribution is 0.0981. The van der Waals surface area contributed by atoms with E-state index in [9.17, 15) is 13.2 Å². The SMILES string of the molecule is CC(C)(C)c1ccc(C(=O)NS(=O)(=O)c2cccc(N)n2)c(N2CCC(Cc3ccccc3)CC2)n1. The molecule has 2 aromatic heterocycles. The summed E-state index contributed by atoms with van der Waals surface area (Å²) in [4.78, 5) is 24.0. The Morgan fingerprint density at radius 2 is 1.69 bits per heavy atom. The van der Waals surface area contributed by atoms with Crippen molar-refractivity contribution in [3.8, 4) is 0 Å². The summed E-state index contributed by atoms with van der Waals surface area (Å²) in [7, 11) is -4.20. The molecule has 36 heavy (non-hydrogen) atoms. The summed E-state index contributed by atoms with van der Waals surface area (Å²) in [5, 5.41) is -0.307. The molecule has 1 fully saturated rings. The average Bonchev–Trinajstić information content (AvgIpc) is 2.84. The van der Waals surface area contributed by atoms with E-state index < -0.39 is 15.9 Å². The maximum atomic E-state index is 13.2. The molecule has 0 atom stereocenters. The number of hydrogen-bond donors (Lipinski definition) is 2. The molecule has 1 aliphatic heterocycles. The molecule has 0 radical (unpaired) electrons. The number of anilines is 2. The second-order valence-corrected chi connectivity index (χ2v) is 11.9. The molecule has 4 rings (SSSR count). The monoisotopic (exact) mass is 507 g/mol. The van der Waals surface area contributed by atoms with Gasteiger partial charge in [0.1, 0.15) is 11.6 Å². The summed E-state index contributed by atoms with van der Waals surface area (Å²) in [6, 6.07) is 18.2. The summed E-state index contributed by atoms with van der Waals surface area (Å²) in [5.74, 6) is 0.365. The molecule has 3 N–H and O–H groups in total.